The van der Waals surface area contributed by atoms with E-state index < -0.39 is 5.41 Å². The largest absolute Gasteiger partial charge is 0.355 e. The molecule has 2 N–H and O–H groups in total. The summed E-state index contributed by atoms with van der Waals surface area (Å²) in [4.78, 5) is 25.0. The Morgan fingerprint density at radius 2 is 1.65 bits per heavy atom. The fourth-order valence-corrected chi connectivity index (χ4v) is 3.04. The smallest absolute Gasteiger partial charge is 0.240 e. The predicted molar refractivity (Wildman–Crippen MR) is 93.5 cm³/mol. The van der Waals surface area contributed by atoms with Crippen LogP contribution in [0.4, 0.5) is 5.69 Å². The molecule has 0 radical (unpaired) electrons. The van der Waals surface area contributed by atoms with Crippen molar-refractivity contribution in [1.29, 1.82) is 0 Å². The molecule has 1 aromatic carbocycles. The molecule has 0 aliphatic heterocycles. The number of hydrogen-bond donors (Lipinski definition) is 2. The van der Waals surface area contributed by atoms with E-state index in [4.69, 9.17) is 0 Å². The summed E-state index contributed by atoms with van der Waals surface area (Å²) >= 11 is 0. The highest BCUT2D eigenvalue weighted by Gasteiger charge is 2.56. The Balaban J connectivity index is 2.01. The van der Waals surface area contributed by atoms with Gasteiger partial charge in [-0.3, -0.25) is 9.59 Å². The molecular formula is C19H28N2O2. The Kier molecular flexibility index (Phi) is 5.45. The average Bonchev–Trinajstić information content (AvgIpc) is 3.28. The van der Waals surface area contributed by atoms with E-state index in [1.165, 1.54) is 5.56 Å². The van der Waals surface area contributed by atoms with E-state index in [1.807, 2.05) is 32.9 Å². The van der Waals surface area contributed by atoms with Gasteiger partial charge in [0, 0.05) is 12.2 Å². The second-order valence-electron chi connectivity index (χ2n) is 6.77. The van der Waals surface area contributed by atoms with Crippen molar-refractivity contribution in [2.75, 3.05) is 11.9 Å². The van der Waals surface area contributed by atoms with E-state index in [9.17, 15) is 9.59 Å². The Morgan fingerprint density at radius 1 is 1.04 bits per heavy atom. The molecule has 0 heterocycles. The summed E-state index contributed by atoms with van der Waals surface area (Å²) in [6, 6.07) is 4.10. The van der Waals surface area contributed by atoms with Crippen LogP contribution >= 0.6 is 0 Å². The lowest BCUT2D eigenvalue weighted by Crippen LogP contribution is -2.40. The van der Waals surface area contributed by atoms with Crippen molar-refractivity contribution in [2.24, 2.45) is 5.41 Å². The van der Waals surface area contributed by atoms with Crippen LogP contribution < -0.4 is 10.6 Å². The molecule has 1 aliphatic carbocycles. The van der Waals surface area contributed by atoms with E-state index in [2.05, 4.69) is 17.6 Å². The Morgan fingerprint density at radius 3 is 2.17 bits per heavy atom. The standard InChI is InChI=1S/C19H28N2O2/c1-5-6-7-10-20-17(22)19(8-9-19)18(23)21-16-14(3)11-13(2)12-15(16)4/h11-12H,5-10H2,1-4H3,(H,20,22)(H,21,23). The van der Waals surface area contributed by atoms with Gasteiger partial charge in [0.05, 0.1) is 0 Å². The summed E-state index contributed by atoms with van der Waals surface area (Å²) in [6.45, 7) is 8.80. The number of carbonyl (C=O) groups is 2. The minimum absolute atomic E-state index is 0.117. The van der Waals surface area contributed by atoms with Gasteiger partial charge in [0.2, 0.25) is 11.8 Å². The van der Waals surface area contributed by atoms with Crippen LogP contribution in [0, 0.1) is 26.2 Å². The average molecular weight is 316 g/mol. The van der Waals surface area contributed by atoms with Crippen molar-refractivity contribution in [1.82, 2.24) is 5.32 Å². The molecule has 1 aliphatic rings. The minimum Gasteiger partial charge on any atom is -0.355 e. The summed E-state index contributed by atoms with van der Waals surface area (Å²) < 4.78 is 0. The van der Waals surface area contributed by atoms with Crippen molar-refractivity contribution >= 4 is 17.5 Å². The lowest BCUT2D eigenvalue weighted by atomic mass is 10.0. The number of hydrogen-bond acceptors (Lipinski definition) is 2. The maximum atomic E-state index is 12.6. The van der Waals surface area contributed by atoms with E-state index in [1.54, 1.807) is 0 Å². The highest BCUT2D eigenvalue weighted by atomic mass is 16.2. The molecule has 0 aromatic heterocycles. The number of nitrogens with one attached hydrogen (secondary N) is 2. The highest BCUT2D eigenvalue weighted by molar-refractivity contribution is 6.13. The number of carbonyl (C=O) groups excluding carboxylic acids is 2. The van der Waals surface area contributed by atoms with Crippen molar-refractivity contribution in [3.8, 4) is 0 Å². The van der Waals surface area contributed by atoms with Gasteiger partial charge in [-0.1, -0.05) is 37.5 Å². The third kappa shape index (κ3) is 3.92. The van der Waals surface area contributed by atoms with Gasteiger partial charge >= 0.3 is 0 Å². The SMILES string of the molecule is CCCCCNC(=O)C1(C(=O)Nc2c(C)cc(C)cc2C)CC1. The number of benzene rings is 1. The molecule has 23 heavy (non-hydrogen) atoms. The third-order valence-electron chi connectivity index (χ3n) is 4.60. The number of amides is 2. The van der Waals surface area contributed by atoms with Gasteiger partial charge in [0.1, 0.15) is 5.41 Å². The summed E-state index contributed by atoms with van der Waals surface area (Å²) in [7, 11) is 0. The molecule has 0 saturated heterocycles. The maximum Gasteiger partial charge on any atom is 0.240 e. The summed E-state index contributed by atoms with van der Waals surface area (Å²) in [5.41, 5.74) is 3.24. The Hall–Kier alpha value is -1.84. The molecule has 4 heteroatoms. The van der Waals surface area contributed by atoms with Gasteiger partial charge in [-0.25, -0.2) is 0 Å². The second kappa shape index (κ2) is 7.16. The molecule has 2 amide bonds. The first kappa shape index (κ1) is 17.5. The van der Waals surface area contributed by atoms with E-state index in [0.29, 0.717) is 19.4 Å². The first-order valence-corrected chi connectivity index (χ1v) is 8.58. The zero-order chi connectivity index (χ0) is 17.0. The molecule has 0 unspecified atom stereocenters. The van der Waals surface area contributed by atoms with Crippen molar-refractivity contribution in [2.45, 2.75) is 59.8 Å². The maximum absolute atomic E-state index is 12.6. The summed E-state index contributed by atoms with van der Waals surface area (Å²) in [5.74, 6) is -0.283. The van der Waals surface area contributed by atoms with Gasteiger partial charge in [0.15, 0.2) is 0 Å². The fraction of sp³-hybridized carbons (Fsp3) is 0.579. The predicted octanol–water partition coefficient (Wildman–Crippen LogP) is 3.64. The molecule has 2 rings (SSSR count). The zero-order valence-corrected chi connectivity index (χ0v) is 14.7. The lowest BCUT2D eigenvalue weighted by Gasteiger charge is -2.18. The Labute approximate surface area is 139 Å². The number of anilines is 1. The van der Waals surface area contributed by atoms with E-state index in [0.717, 1.165) is 36.1 Å². The molecule has 4 nitrogen and oxygen atoms in total. The molecule has 1 aromatic rings. The van der Waals surface area contributed by atoms with Crippen LogP contribution in [-0.4, -0.2) is 18.4 Å². The normalized spacial score (nSPS) is 15.1. The third-order valence-corrected chi connectivity index (χ3v) is 4.60. The van der Waals surface area contributed by atoms with Crippen LogP contribution in [0.1, 0.15) is 55.7 Å². The molecule has 1 fully saturated rings. The molecule has 0 atom stereocenters. The highest BCUT2D eigenvalue weighted by Crippen LogP contribution is 2.47. The van der Waals surface area contributed by atoms with Crippen LogP contribution in [0.15, 0.2) is 12.1 Å². The first-order chi connectivity index (χ1) is 10.9. The van der Waals surface area contributed by atoms with Gasteiger partial charge in [0.25, 0.3) is 0 Å². The van der Waals surface area contributed by atoms with Crippen LogP contribution in [-0.2, 0) is 9.59 Å². The zero-order valence-electron chi connectivity index (χ0n) is 14.7. The fourth-order valence-electron chi connectivity index (χ4n) is 3.04. The number of unbranched alkanes of at least 4 members (excludes halogenated alkanes) is 2. The van der Waals surface area contributed by atoms with Gasteiger partial charge < -0.3 is 10.6 Å². The van der Waals surface area contributed by atoms with Crippen LogP contribution in [0.25, 0.3) is 0 Å². The molecule has 0 spiro atoms. The molecular weight excluding hydrogens is 288 g/mol. The molecule has 126 valence electrons. The monoisotopic (exact) mass is 316 g/mol. The minimum atomic E-state index is -0.851. The quantitative estimate of drug-likeness (QED) is 0.596. The van der Waals surface area contributed by atoms with Crippen LogP contribution in [0.3, 0.4) is 0 Å². The Bertz CT molecular complexity index is 580. The van der Waals surface area contributed by atoms with Crippen LogP contribution in [0.2, 0.25) is 0 Å². The summed E-state index contributed by atoms with van der Waals surface area (Å²) in [6.07, 6.45) is 4.47. The topological polar surface area (TPSA) is 58.2 Å². The van der Waals surface area contributed by atoms with Gasteiger partial charge in [-0.15, -0.1) is 0 Å². The summed E-state index contributed by atoms with van der Waals surface area (Å²) in [5, 5.41) is 5.92. The van der Waals surface area contributed by atoms with Crippen molar-refractivity contribution < 1.29 is 9.59 Å². The lowest BCUT2D eigenvalue weighted by molar-refractivity contribution is -0.134. The first-order valence-electron chi connectivity index (χ1n) is 8.58. The van der Waals surface area contributed by atoms with Crippen molar-refractivity contribution in [3.63, 3.8) is 0 Å². The van der Waals surface area contributed by atoms with Gasteiger partial charge in [-0.05, 0) is 51.2 Å². The second-order valence-corrected chi connectivity index (χ2v) is 6.77. The number of aryl methyl sites for hydroxylation is 3. The van der Waals surface area contributed by atoms with Crippen molar-refractivity contribution in [3.05, 3.63) is 28.8 Å². The molecule has 1 saturated carbocycles. The van der Waals surface area contributed by atoms with E-state index in [-0.39, 0.29) is 11.8 Å². The van der Waals surface area contributed by atoms with Crippen LogP contribution in [0.5, 0.6) is 0 Å². The number of rotatable bonds is 7. The van der Waals surface area contributed by atoms with E-state index >= 15 is 0 Å². The molecule has 0 bridgehead atoms. The van der Waals surface area contributed by atoms with Gasteiger partial charge in [-0.2, -0.15) is 0 Å².